The molecule has 14 nitrogen and oxygen atoms in total. The lowest BCUT2D eigenvalue weighted by molar-refractivity contribution is -0.121. The highest BCUT2D eigenvalue weighted by molar-refractivity contribution is 7.53. The number of aliphatic hydroxyl groups is 2. The van der Waals surface area contributed by atoms with Crippen molar-refractivity contribution in [2.45, 2.75) is 75.5 Å². The molecule has 1 amide bonds. The summed E-state index contributed by atoms with van der Waals surface area (Å²) in [5.41, 5.74) is 0.277. The second-order valence-corrected chi connectivity index (χ2v) is 11.7. The first-order valence-corrected chi connectivity index (χ1v) is 13.5. The maximum atomic E-state index is 12.0. The van der Waals surface area contributed by atoms with Crippen LogP contribution in [0.15, 0.2) is 6.20 Å². The van der Waals surface area contributed by atoms with E-state index in [1.807, 2.05) is 0 Å². The summed E-state index contributed by atoms with van der Waals surface area (Å²) < 4.78 is 24.5. The van der Waals surface area contributed by atoms with E-state index in [0.29, 0.717) is 11.2 Å². The first-order chi connectivity index (χ1) is 16.9. The van der Waals surface area contributed by atoms with E-state index in [9.17, 15) is 29.4 Å². The van der Waals surface area contributed by atoms with Gasteiger partial charge in [-0.1, -0.05) is 12.8 Å². The number of anilines is 1. The Bertz CT molecular complexity index is 1160. The number of halogens is 1. The van der Waals surface area contributed by atoms with Gasteiger partial charge in [-0.15, -0.1) is 0 Å². The van der Waals surface area contributed by atoms with Crippen LogP contribution in [0.4, 0.5) is 5.82 Å². The average molecular weight is 549 g/mol. The number of nitrogens with one attached hydrogen (secondary N) is 2. The van der Waals surface area contributed by atoms with E-state index in [-0.39, 0.29) is 17.0 Å². The summed E-state index contributed by atoms with van der Waals surface area (Å²) in [6, 6.07) is 0.250. The minimum absolute atomic E-state index is 0.0342. The summed E-state index contributed by atoms with van der Waals surface area (Å²) >= 11 is 6.15. The zero-order chi connectivity index (χ0) is 26.3. The molecule has 2 fully saturated rings. The summed E-state index contributed by atoms with van der Waals surface area (Å²) in [5, 5.41) is 29.7. The van der Waals surface area contributed by atoms with Gasteiger partial charge in [0.05, 0.1) is 24.7 Å². The van der Waals surface area contributed by atoms with Crippen LogP contribution in [0, 0.1) is 0 Å². The monoisotopic (exact) mass is 548 g/mol. The first kappa shape index (κ1) is 27.1. The molecule has 0 radical (unpaired) electrons. The van der Waals surface area contributed by atoms with Gasteiger partial charge >= 0.3 is 7.60 Å². The molecule has 200 valence electrons. The second-order valence-electron chi connectivity index (χ2n) is 9.28. The molecule has 1 saturated carbocycles. The highest BCUT2D eigenvalue weighted by atomic mass is 35.5. The second kappa shape index (κ2) is 10.5. The van der Waals surface area contributed by atoms with E-state index >= 15 is 0 Å². The van der Waals surface area contributed by atoms with E-state index < -0.39 is 56.5 Å². The topological polar surface area (TPSA) is 201 Å². The summed E-state index contributed by atoms with van der Waals surface area (Å²) in [4.78, 5) is 39.3. The van der Waals surface area contributed by atoms with Gasteiger partial charge in [-0.2, -0.15) is 15.1 Å². The number of rotatable bonds is 9. The SMILES string of the molecule is CC(=O)NCC(C)(OC[C@H]1O[C@@H](n2ncc3c(NC4CCCC4)nc(Cl)nc32)[C@H](O)[C@@H]1O)P(=O)(O)O. The third kappa shape index (κ3) is 5.50. The van der Waals surface area contributed by atoms with Crippen molar-refractivity contribution in [3.8, 4) is 0 Å². The Morgan fingerprint density at radius 2 is 2.00 bits per heavy atom. The van der Waals surface area contributed by atoms with E-state index in [1.54, 1.807) is 0 Å². The van der Waals surface area contributed by atoms with Gasteiger partial charge in [0.15, 0.2) is 17.2 Å². The van der Waals surface area contributed by atoms with Gasteiger partial charge in [0.25, 0.3) is 0 Å². The van der Waals surface area contributed by atoms with Crippen LogP contribution in [-0.2, 0) is 18.8 Å². The van der Waals surface area contributed by atoms with Crippen molar-refractivity contribution in [2.75, 3.05) is 18.5 Å². The van der Waals surface area contributed by atoms with Crippen LogP contribution in [0.2, 0.25) is 5.28 Å². The standard InChI is InChI=1S/C20H30ClN6O8P/c1-10(28)22-9-20(2,36(31,32)33)34-8-13-14(29)15(30)18(35-13)27-17-12(7-23-27)16(25-19(21)26-17)24-11-5-3-4-6-11/h7,11,13-15,18,29-30H,3-6,8-9H2,1-2H3,(H,22,28)(H,24,25,26)(H2,31,32,33)/t13-,14-,15-,18-,20?/m1/s1. The van der Waals surface area contributed by atoms with E-state index in [2.05, 4.69) is 25.7 Å². The number of nitrogens with zero attached hydrogens (tertiary/aromatic N) is 4. The maximum Gasteiger partial charge on any atom is 0.358 e. The zero-order valence-electron chi connectivity index (χ0n) is 19.7. The van der Waals surface area contributed by atoms with Gasteiger partial charge in [0.2, 0.25) is 11.2 Å². The Hall–Kier alpha value is -1.90. The molecule has 0 bridgehead atoms. The summed E-state index contributed by atoms with van der Waals surface area (Å²) in [7, 11) is -4.85. The first-order valence-electron chi connectivity index (χ1n) is 11.5. The van der Waals surface area contributed by atoms with Gasteiger partial charge in [-0.05, 0) is 31.4 Å². The Kier molecular flexibility index (Phi) is 7.89. The number of aromatic nitrogens is 4. The van der Waals surface area contributed by atoms with Crippen LogP contribution in [0.25, 0.3) is 11.0 Å². The summed E-state index contributed by atoms with van der Waals surface area (Å²) in [5.74, 6) is 0.00497. The van der Waals surface area contributed by atoms with Crippen molar-refractivity contribution in [3.63, 3.8) is 0 Å². The van der Waals surface area contributed by atoms with Crippen LogP contribution in [0.5, 0.6) is 0 Å². The lowest BCUT2D eigenvalue weighted by atomic mass is 10.1. The minimum Gasteiger partial charge on any atom is -0.387 e. The van der Waals surface area contributed by atoms with Crippen molar-refractivity contribution >= 4 is 42.0 Å². The van der Waals surface area contributed by atoms with E-state index in [0.717, 1.165) is 32.6 Å². The molecule has 6 N–H and O–H groups in total. The largest absolute Gasteiger partial charge is 0.387 e. The molecule has 1 aliphatic heterocycles. The Balaban J connectivity index is 1.53. The molecule has 16 heteroatoms. The average Bonchev–Trinajstić information content (AvgIpc) is 3.51. The fourth-order valence-corrected chi connectivity index (χ4v) is 5.01. The lowest BCUT2D eigenvalue weighted by Crippen LogP contribution is -2.44. The van der Waals surface area contributed by atoms with Crippen molar-refractivity contribution in [3.05, 3.63) is 11.5 Å². The van der Waals surface area contributed by atoms with Crippen LogP contribution in [0.3, 0.4) is 0 Å². The fraction of sp³-hybridized carbons (Fsp3) is 0.700. The molecule has 0 spiro atoms. The summed E-state index contributed by atoms with van der Waals surface area (Å²) in [6.45, 7) is 1.37. The molecule has 2 aliphatic rings. The predicted octanol–water partition coefficient (Wildman–Crippen LogP) is 0.500. The van der Waals surface area contributed by atoms with Crippen molar-refractivity contribution < 1.29 is 38.8 Å². The van der Waals surface area contributed by atoms with Gasteiger partial charge in [-0.3, -0.25) is 9.36 Å². The number of carbonyl (C=O) groups is 1. The van der Waals surface area contributed by atoms with Crippen LogP contribution in [-0.4, -0.2) is 88.5 Å². The molecule has 4 rings (SSSR count). The minimum atomic E-state index is -4.85. The van der Waals surface area contributed by atoms with Crippen molar-refractivity contribution in [1.82, 2.24) is 25.1 Å². The lowest BCUT2D eigenvalue weighted by Gasteiger charge is -2.31. The van der Waals surface area contributed by atoms with Crippen molar-refractivity contribution in [2.24, 2.45) is 0 Å². The Morgan fingerprint density at radius 1 is 1.31 bits per heavy atom. The van der Waals surface area contributed by atoms with Gasteiger partial charge in [-0.25, -0.2) is 4.68 Å². The normalized spacial score (nSPS) is 26.9. The van der Waals surface area contributed by atoms with Crippen LogP contribution >= 0.6 is 19.2 Å². The van der Waals surface area contributed by atoms with E-state index in [4.69, 9.17) is 21.1 Å². The molecule has 1 unspecified atom stereocenters. The quantitative estimate of drug-likeness (QED) is 0.187. The fourth-order valence-electron chi connectivity index (χ4n) is 4.32. The molecule has 1 aliphatic carbocycles. The smallest absolute Gasteiger partial charge is 0.358 e. The predicted molar refractivity (Wildman–Crippen MR) is 127 cm³/mol. The van der Waals surface area contributed by atoms with Crippen LogP contribution < -0.4 is 10.6 Å². The number of hydrogen-bond donors (Lipinski definition) is 6. The molecular weight excluding hydrogens is 519 g/mol. The number of amides is 1. The number of aliphatic hydroxyl groups excluding tert-OH is 2. The summed E-state index contributed by atoms with van der Waals surface area (Å²) in [6.07, 6.45) is 0.475. The third-order valence-electron chi connectivity index (χ3n) is 6.54. The van der Waals surface area contributed by atoms with Crippen molar-refractivity contribution in [1.29, 1.82) is 0 Å². The number of hydrogen-bond acceptors (Lipinski definition) is 10. The van der Waals surface area contributed by atoms with Crippen LogP contribution in [0.1, 0.15) is 45.8 Å². The molecular formula is C20H30ClN6O8P. The van der Waals surface area contributed by atoms with Gasteiger partial charge in [0, 0.05) is 13.0 Å². The van der Waals surface area contributed by atoms with Gasteiger partial charge < -0.3 is 40.1 Å². The molecule has 2 aromatic rings. The molecule has 3 heterocycles. The molecule has 5 atom stereocenters. The molecule has 36 heavy (non-hydrogen) atoms. The number of carbonyl (C=O) groups excluding carboxylic acids is 1. The highest BCUT2D eigenvalue weighted by Gasteiger charge is 2.49. The Morgan fingerprint density at radius 3 is 2.64 bits per heavy atom. The van der Waals surface area contributed by atoms with E-state index in [1.165, 1.54) is 17.8 Å². The van der Waals surface area contributed by atoms with Gasteiger partial charge in [0.1, 0.15) is 24.1 Å². The maximum absolute atomic E-state index is 12.0. The highest BCUT2D eigenvalue weighted by Crippen LogP contribution is 2.51. The zero-order valence-corrected chi connectivity index (χ0v) is 21.4. The molecule has 2 aromatic heterocycles. The molecule has 0 aromatic carbocycles. The third-order valence-corrected chi connectivity index (χ3v) is 8.23. The number of ether oxygens (including phenoxy) is 2. The Labute approximate surface area is 211 Å². The number of fused-ring (bicyclic) bond motifs is 1. The molecule has 1 saturated heterocycles.